The van der Waals surface area contributed by atoms with E-state index >= 15 is 0 Å². The standard InChI is InChI=1S/C13H17N3O2S/c1-8-14-10(7-19-8)6-16-5-4-11(17)15-12(13(16)18)9-2-3-9/h7,9,12H,2-6H2,1H3,(H,15,17). The van der Waals surface area contributed by atoms with E-state index in [1.54, 1.807) is 16.2 Å². The number of carbonyl (C=O) groups is 2. The van der Waals surface area contributed by atoms with Gasteiger partial charge in [-0.2, -0.15) is 0 Å². The highest BCUT2D eigenvalue weighted by Crippen LogP contribution is 2.34. The van der Waals surface area contributed by atoms with E-state index in [1.807, 2.05) is 12.3 Å². The first-order valence-electron chi connectivity index (χ1n) is 6.62. The molecule has 102 valence electrons. The summed E-state index contributed by atoms with van der Waals surface area (Å²) in [5.74, 6) is 0.385. The van der Waals surface area contributed by atoms with Crippen LogP contribution < -0.4 is 5.32 Å². The van der Waals surface area contributed by atoms with Gasteiger partial charge in [-0.3, -0.25) is 9.59 Å². The summed E-state index contributed by atoms with van der Waals surface area (Å²) in [4.78, 5) is 30.3. The van der Waals surface area contributed by atoms with Gasteiger partial charge in [-0.1, -0.05) is 0 Å². The minimum Gasteiger partial charge on any atom is -0.344 e. The monoisotopic (exact) mass is 279 g/mol. The van der Waals surface area contributed by atoms with Crippen molar-refractivity contribution in [2.75, 3.05) is 6.54 Å². The Morgan fingerprint density at radius 1 is 1.47 bits per heavy atom. The molecule has 1 atom stereocenters. The molecule has 0 bridgehead atoms. The highest BCUT2D eigenvalue weighted by Gasteiger charge is 2.40. The van der Waals surface area contributed by atoms with Crippen LogP contribution in [0.5, 0.6) is 0 Å². The highest BCUT2D eigenvalue weighted by molar-refractivity contribution is 7.09. The molecule has 1 N–H and O–H groups in total. The Balaban J connectivity index is 1.75. The topological polar surface area (TPSA) is 62.3 Å². The summed E-state index contributed by atoms with van der Waals surface area (Å²) in [6.07, 6.45) is 2.47. The van der Waals surface area contributed by atoms with Gasteiger partial charge in [0.15, 0.2) is 0 Å². The van der Waals surface area contributed by atoms with E-state index in [2.05, 4.69) is 10.3 Å². The van der Waals surface area contributed by atoms with Gasteiger partial charge in [-0.05, 0) is 25.7 Å². The lowest BCUT2D eigenvalue weighted by Crippen LogP contribution is -2.45. The Morgan fingerprint density at radius 2 is 2.26 bits per heavy atom. The van der Waals surface area contributed by atoms with E-state index in [0.717, 1.165) is 23.5 Å². The maximum Gasteiger partial charge on any atom is 0.245 e. The van der Waals surface area contributed by atoms with Crippen LogP contribution in [0.4, 0.5) is 0 Å². The van der Waals surface area contributed by atoms with Gasteiger partial charge >= 0.3 is 0 Å². The zero-order valence-electron chi connectivity index (χ0n) is 10.9. The predicted molar refractivity (Wildman–Crippen MR) is 71.5 cm³/mol. The number of nitrogens with zero attached hydrogens (tertiary/aromatic N) is 2. The van der Waals surface area contributed by atoms with Gasteiger partial charge in [0.05, 0.1) is 17.2 Å². The summed E-state index contributed by atoms with van der Waals surface area (Å²) in [6, 6.07) is -0.310. The predicted octanol–water partition coefficient (Wildman–Crippen LogP) is 1.08. The molecular weight excluding hydrogens is 262 g/mol. The van der Waals surface area contributed by atoms with Gasteiger partial charge in [0.1, 0.15) is 6.04 Å². The van der Waals surface area contributed by atoms with Crippen LogP contribution >= 0.6 is 11.3 Å². The van der Waals surface area contributed by atoms with E-state index in [0.29, 0.717) is 25.4 Å². The fraction of sp³-hybridized carbons (Fsp3) is 0.615. The van der Waals surface area contributed by atoms with Crippen molar-refractivity contribution in [1.82, 2.24) is 15.2 Å². The van der Waals surface area contributed by atoms with Crippen molar-refractivity contribution in [3.8, 4) is 0 Å². The van der Waals surface area contributed by atoms with E-state index < -0.39 is 0 Å². The molecule has 2 amide bonds. The number of hydrogen-bond acceptors (Lipinski definition) is 4. The van der Waals surface area contributed by atoms with Gasteiger partial charge in [0.2, 0.25) is 11.8 Å². The Labute approximate surface area is 116 Å². The molecule has 5 nitrogen and oxygen atoms in total. The first-order chi connectivity index (χ1) is 9.13. The van der Waals surface area contributed by atoms with E-state index in [4.69, 9.17) is 0 Å². The lowest BCUT2D eigenvalue weighted by molar-refractivity contribution is -0.134. The molecule has 1 aliphatic carbocycles. The summed E-state index contributed by atoms with van der Waals surface area (Å²) in [5, 5.41) is 5.85. The van der Waals surface area contributed by atoms with Crippen LogP contribution in [0, 0.1) is 12.8 Å². The molecule has 1 saturated carbocycles. The number of aromatic nitrogens is 1. The molecule has 19 heavy (non-hydrogen) atoms. The number of nitrogens with one attached hydrogen (secondary N) is 1. The summed E-state index contributed by atoms with van der Waals surface area (Å²) >= 11 is 1.59. The van der Waals surface area contributed by atoms with Gasteiger partial charge in [-0.15, -0.1) is 11.3 Å². The second-order valence-electron chi connectivity index (χ2n) is 5.25. The number of hydrogen-bond donors (Lipinski definition) is 1. The average Bonchev–Trinajstić information content (AvgIpc) is 3.14. The molecule has 1 unspecified atom stereocenters. The Bertz CT molecular complexity index is 510. The summed E-state index contributed by atoms with van der Waals surface area (Å²) in [7, 11) is 0. The Hall–Kier alpha value is -1.43. The van der Waals surface area contributed by atoms with Crippen LogP contribution in [0.25, 0.3) is 0 Å². The van der Waals surface area contributed by atoms with Crippen molar-refractivity contribution in [2.24, 2.45) is 5.92 Å². The third-order valence-electron chi connectivity index (χ3n) is 3.62. The highest BCUT2D eigenvalue weighted by atomic mass is 32.1. The molecule has 1 aromatic rings. The minimum atomic E-state index is -0.310. The molecule has 0 aromatic carbocycles. The first kappa shape index (κ1) is 12.6. The van der Waals surface area contributed by atoms with Crippen LogP contribution in [-0.2, 0) is 16.1 Å². The molecular formula is C13H17N3O2S. The number of carbonyl (C=O) groups excluding carboxylic acids is 2. The lowest BCUT2D eigenvalue weighted by atomic mass is 10.1. The Morgan fingerprint density at radius 3 is 2.89 bits per heavy atom. The number of amides is 2. The zero-order chi connectivity index (χ0) is 13.4. The van der Waals surface area contributed by atoms with E-state index in [9.17, 15) is 9.59 Å². The second kappa shape index (κ2) is 4.92. The fourth-order valence-corrected chi connectivity index (χ4v) is 3.04. The largest absolute Gasteiger partial charge is 0.344 e. The van der Waals surface area contributed by atoms with Crippen molar-refractivity contribution in [1.29, 1.82) is 0 Å². The van der Waals surface area contributed by atoms with E-state index in [-0.39, 0.29) is 17.9 Å². The molecule has 1 aliphatic heterocycles. The Kier molecular flexibility index (Phi) is 3.26. The van der Waals surface area contributed by atoms with Crippen molar-refractivity contribution in [2.45, 2.75) is 38.8 Å². The van der Waals surface area contributed by atoms with Crippen molar-refractivity contribution in [3.63, 3.8) is 0 Å². The molecule has 2 fully saturated rings. The van der Waals surface area contributed by atoms with Crippen LogP contribution in [0.3, 0.4) is 0 Å². The van der Waals surface area contributed by atoms with Crippen LogP contribution in [0.15, 0.2) is 5.38 Å². The van der Waals surface area contributed by atoms with E-state index in [1.165, 1.54) is 0 Å². The third-order valence-corrected chi connectivity index (χ3v) is 4.44. The van der Waals surface area contributed by atoms with Crippen LogP contribution in [0.1, 0.15) is 30.0 Å². The number of aryl methyl sites for hydroxylation is 1. The molecule has 1 aromatic heterocycles. The van der Waals surface area contributed by atoms with Gasteiger partial charge in [-0.25, -0.2) is 4.98 Å². The molecule has 2 aliphatic rings. The quantitative estimate of drug-likeness (QED) is 0.900. The second-order valence-corrected chi connectivity index (χ2v) is 6.31. The van der Waals surface area contributed by atoms with Crippen LogP contribution in [-0.4, -0.2) is 34.3 Å². The molecule has 0 spiro atoms. The summed E-state index contributed by atoms with van der Waals surface area (Å²) < 4.78 is 0. The summed E-state index contributed by atoms with van der Waals surface area (Å²) in [5.41, 5.74) is 0.916. The molecule has 3 rings (SSSR count). The smallest absolute Gasteiger partial charge is 0.245 e. The maximum absolute atomic E-state index is 12.5. The van der Waals surface area contributed by atoms with Crippen molar-refractivity contribution < 1.29 is 9.59 Å². The first-order valence-corrected chi connectivity index (χ1v) is 7.50. The van der Waals surface area contributed by atoms with Gasteiger partial charge in [0, 0.05) is 18.3 Å². The maximum atomic E-state index is 12.5. The molecule has 2 heterocycles. The normalized spacial score (nSPS) is 24.3. The van der Waals surface area contributed by atoms with Gasteiger partial charge in [0.25, 0.3) is 0 Å². The minimum absolute atomic E-state index is 0.0118. The zero-order valence-corrected chi connectivity index (χ0v) is 11.7. The molecule has 6 heteroatoms. The van der Waals surface area contributed by atoms with Crippen LogP contribution in [0.2, 0.25) is 0 Å². The van der Waals surface area contributed by atoms with Crippen molar-refractivity contribution in [3.05, 3.63) is 16.1 Å². The lowest BCUT2D eigenvalue weighted by Gasteiger charge is -2.23. The SMILES string of the molecule is Cc1nc(CN2CCC(=O)NC(C3CC3)C2=O)cs1. The third kappa shape index (κ3) is 2.78. The summed E-state index contributed by atoms with van der Waals surface area (Å²) in [6.45, 7) is 2.96. The number of thiazole rings is 1. The molecule has 1 saturated heterocycles. The fourth-order valence-electron chi connectivity index (χ4n) is 2.43. The number of rotatable bonds is 3. The molecule has 0 radical (unpaired) electrons. The van der Waals surface area contributed by atoms with Gasteiger partial charge < -0.3 is 10.2 Å². The van der Waals surface area contributed by atoms with Crippen molar-refractivity contribution >= 4 is 23.2 Å². The average molecular weight is 279 g/mol.